The van der Waals surface area contributed by atoms with Crippen molar-refractivity contribution in [2.75, 3.05) is 11.4 Å². The van der Waals surface area contributed by atoms with E-state index >= 15 is 0 Å². The molecular formula is C17H16N2O3S. The molecule has 1 atom stereocenters. The number of hydrogen-bond acceptors (Lipinski definition) is 3. The van der Waals surface area contributed by atoms with Gasteiger partial charge in [0.05, 0.1) is 0 Å². The molecular weight excluding hydrogens is 312 g/mol. The van der Waals surface area contributed by atoms with Crippen LogP contribution < -0.4 is 10.0 Å². The van der Waals surface area contributed by atoms with E-state index in [-0.39, 0.29) is 18.9 Å². The summed E-state index contributed by atoms with van der Waals surface area (Å²) in [6.07, 6.45) is 0.788. The van der Waals surface area contributed by atoms with Crippen LogP contribution in [0.5, 0.6) is 0 Å². The normalized spacial score (nSPS) is 19.8. The van der Waals surface area contributed by atoms with Crippen molar-refractivity contribution in [3.63, 3.8) is 0 Å². The fourth-order valence-electron chi connectivity index (χ4n) is 3.44. The van der Waals surface area contributed by atoms with Gasteiger partial charge >= 0.3 is 0 Å². The summed E-state index contributed by atoms with van der Waals surface area (Å²) in [6, 6.07) is 14.1. The average Bonchev–Trinajstić information content (AvgIpc) is 3.06. The zero-order chi connectivity index (χ0) is 16.2. The molecule has 4 rings (SSSR count). The van der Waals surface area contributed by atoms with Crippen molar-refractivity contribution in [3.8, 4) is 11.1 Å². The van der Waals surface area contributed by atoms with Crippen molar-refractivity contribution in [2.24, 2.45) is 5.14 Å². The van der Waals surface area contributed by atoms with E-state index in [4.69, 9.17) is 5.14 Å². The van der Waals surface area contributed by atoms with Crippen LogP contribution in [-0.4, -0.2) is 26.1 Å². The molecule has 2 N–H and O–H groups in total. The van der Waals surface area contributed by atoms with Crippen molar-refractivity contribution in [2.45, 2.75) is 18.1 Å². The number of carbonyl (C=O) groups is 1. The Morgan fingerprint density at radius 2 is 1.78 bits per heavy atom. The van der Waals surface area contributed by atoms with E-state index < -0.39 is 15.3 Å². The molecule has 0 spiro atoms. The Morgan fingerprint density at radius 3 is 2.52 bits per heavy atom. The lowest BCUT2D eigenvalue weighted by Crippen LogP contribution is -2.32. The van der Waals surface area contributed by atoms with Crippen LogP contribution in [0.15, 0.2) is 42.5 Å². The minimum atomic E-state index is -3.69. The van der Waals surface area contributed by atoms with Gasteiger partial charge in [0.15, 0.2) is 0 Å². The van der Waals surface area contributed by atoms with Crippen molar-refractivity contribution in [3.05, 3.63) is 53.6 Å². The molecule has 1 unspecified atom stereocenters. The molecule has 5 nitrogen and oxygen atoms in total. The van der Waals surface area contributed by atoms with E-state index in [1.54, 1.807) is 0 Å². The number of benzene rings is 2. The number of hydrogen-bond donors (Lipinski definition) is 1. The molecule has 2 aliphatic rings. The SMILES string of the molecule is NS(=O)(=O)C1CC(=O)N(c2ccc3c(c2)Cc2ccccc2-3)C1. The van der Waals surface area contributed by atoms with Crippen molar-refractivity contribution in [1.29, 1.82) is 0 Å². The number of fused-ring (bicyclic) bond motifs is 3. The molecule has 1 fully saturated rings. The monoisotopic (exact) mass is 328 g/mol. The number of rotatable bonds is 2. The number of sulfonamides is 1. The predicted molar refractivity (Wildman–Crippen MR) is 88.5 cm³/mol. The highest BCUT2D eigenvalue weighted by molar-refractivity contribution is 7.89. The molecule has 1 aliphatic carbocycles. The summed E-state index contributed by atoms with van der Waals surface area (Å²) in [7, 11) is -3.69. The van der Waals surface area contributed by atoms with Gasteiger partial charge < -0.3 is 4.90 Å². The van der Waals surface area contributed by atoms with Gasteiger partial charge in [-0.15, -0.1) is 0 Å². The maximum atomic E-state index is 12.2. The van der Waals surface area contributed by atoms with Gasteiger partial charge in [0.2, 0.25) is 15.9 Å². The summed E-state index contributed by atoms with van der Waals surface area (Å²) in [5.74, 6) is -0.195. The van der Waals surface area contributed by atoms with Crippen LogP contribution in [0, 0.1) is 0 Å². The number of carbonyl (C=O) groups excluding carboxylic acids is 1. The predicted octanol–water partition coefficient (Wildman–Crippen LogP) is 1.65. The summed E-state index contributed by atoms with van der Waals surface area (Å²) in [5.41, 5.74) is 5.58. The van der Waals surface area contributed by atoms with Crippen LogP contribution >= 0.6 is 0 Å². The van der Waals surface area contributed by atoms with Crippen molar-refractivity contribution >= 4 is 21.6 Å². The Bertz CT molecular complexity index is 921. The molecule has 0 aromatic heterocycles. The highest BCUT2D eigenvalue weighted by Crippen LogP contribution is 2.38. The highest BCUT2D eigenvalue weighted by atomic mass is 32.2. The summed E-state index contributed by atoms with van der Waals surface area (Å²) in [6.45, 7) is 0.128. The second-order valence-corrected chi connectivity index (χ2v) is 7.94. The zero-order valence-corrected chi connectivity index (χ0v) is 13.2. The lowest BCUT2D eigenvalue weighted by molar-refractivity contribution is -0.117. The molecule has 118 valence electrons. The third-order valence-electron chi connectivity index (χ3n) is 4.64. The molecule has 2 aromatic rings. The summed E-state index contributed by atoms with van der Waals surface area (Å²) in [4.78, 5) is 13.7. The second-order valence-electron chi connectivity index (χ2n) is 6.09. The van der Waals surface area contributed by atoms with Gasteiger partial charge in [-0.3, -0.25) is 4.79 Å². The van der Waals surface area contributed by atoms with Gasteiger partial charge in [-0.05, 0) is 40.8 Å². The summed E-state index contributed by atoms with van der Waals surface area (Å²) < 4.78 is 23.0. The van der Waals surface area contributed by atoms with E-state index in [0.717, 1.165) is 17.7 Å². The Hall–Kier alpha value is -2.18. The Kier molecular flexibility index (Phi) is 3.08. The van der Waals surface area contributed by atoms with E-state index in [1.807, 2.05) is 30.3 Å². The third-order valence-corrected chi connectivity index (χ3v) is 5.89. The van der Waals surface area contributed by atoms with Crippen molar-refractivity contribution < 1.29 is 13.2 Å². The van der Waals surface area contributed by atoms with E-state index in [0.29, 0.717) is 0 Å². The largest absolute Gasteiger partial charge is 0.311 e. The first kappa shape index (κ1) is 14.4. The molecule has 1 saturated heterocycles. The van der Waals surface area contributed by atoms with E-state index in [2.05, 4.69) is 12.1 Å². The van der Waals surface area contributed by atoms with Gasteiger partial charge in [-0.2, -0.15) is 0 Å². The van der Waals surface area contributed by atoms with Crippen LogP contribution in [-0.2, 0) is 21.2 Å². The van der Waals surface area contributed by atoms with Crippen LogP contribution in [0.25, 0.3) is 11.1 Å². The maximum absolute atomic E-state index is 12.2. The lowest BCUT2D eigenvalue weighted by Gasteiger charge is -2.17. The summed E-state index contributed by atoms with van der Waals surface area (Å²) in [5, 5.41) is 4.37. The van der Waals surface area contributed by atoms with Gasteiger partial charge in [0, 0.05) is 18.7 Å². The molecule has 0 radical (unpaired) electrons. The Labute approximate surface area is 134 Å². The number of nitrogens with two attached hydrogens (primary N) is 1. The zero-order valence-electron chi connectivity index (χ0n) is 12.4. The van der Waals surface area contributed by atoms with Crippen LogP contribution in [0.2, 0.25) is 0 Å². The number of anilines is 1. The summed E-state index contributed by atoms with van der Waals surface area (Å²) >= 11 is 0. The third kappa shape index (κ3) is 2.34. The topological polar surface area (TPSA) is 80.5 Å². The minimum Gasteiger partial charge on any atom is -0.311 e. The molecule has 2 aromatic carbocycles. The van der Waals surface area contributed by atoms with Crippen LogP contribution in [0.3, 0.4) is 0 Å². The van der Waals surface area contributed by atoms with Crippen LogP contribution in [0.1, 0.15) is 17.5 Å². The first-order valence-corrected chi connectivity index (χ1v) is 9.07. The van der Waals surface area contributed by atoms with Gasteiger partial charge in [0.25, 0.3) is 0 Å². The second kappa shape index (κ2) is 4.91. The lowest BCUT2D eigenvalue weighted by atomic mass is 10.1. The molecule has 1 amide bonds. The highest BCUT2D eigenvalue weighted by Gasteiger charge is 2.37. The first-order valence-electron chi connectivity index (χ1n) is 7.46. The maximum Gasteiger partial charge on any atom is 0.228 e. The quantitative estimate of drug-likeness (QED) is 0.777. The fourth-order valence-corrected chi connectivity index (χ4v) is 4.18. The van der Waals surface area contributed by atoms with E-state index in [1.165, 1.54) is 21.6 Å². The van der Waals surface area contributed by atoms with Crippen molar-refractivity contribution in [1.82, 2.24) is 0 Å². The first-order chi connectivity index (χ1) is 10.9. The average molecular weight is 328 g/mol. The van der Waals surface area contributed by atoms with Gasteiger partial charge in [-0.25, -0.2) is 13.6 Å². The standard InChI is InChI=1S/C17H16N2O3S/c18-23(21,22)14-9-17(20)19(10-14)13-5-6-16-12(8-13)7-11-3-1-2-4-15(11)16/h1-6,8,14H,7,9-10H2,(H2,18,21,22). The Balaban J connectivity index is 1.68. The molecule has 23 heavy (non-hydrogen) atoms. The number of nitrogens with zero attached hydrogens (tertiary/aromatic N) is 1. The smallest absolute Gasteiger partial charge is 0.228 e. The molecule has 1 aliphatic heterocycles. The molecule has 0 bridgehead atoms. The van der Waals surface area contributed by atoms with Gasteiger partial charge in [-0.1, -0.05) is 30.3 Å². The Morgan fingerprint density at radius 1 is 1.04 bits per heavy atom. The minimum absolute atomic E-state index is 0.0455. The van der Waals surface area contributed by atoms with Gasteiger partial charge in [0.1, 0.15) is 5.25 Å². The van der Waals surface area contributed by atoms with E-state index in [9.17, 15) is 13.2 Å². The number of primary sulfonamides is 1. The molecule has 6 heteroatoms. The molecule has 0 saturated carbocycles. The molecule has 1 heterocycles. The number of amides is 1. The van der Waals surface area contributed by atoms with Crippen LogP contribution in [0.4, 0.5) is 5.69 Å². The fraction of sp³-hybridized carbons (Fsp3) is 0.235.